The fourth-order valence-electron chi connectivity index (χ4n) is 2.38. The van der Waals surface area contributed by atoms with Crippen LogP contribution in [0.5, 0.6) is 0 Å². The molecule has 0 saturated heterocycles. The van der Waals surface area contributed by atoms with Crippen LogP contribution in [0.1, 0.15) is 22.5 Å². The van der Waals surface area contributed by atoms with Gasteiger partial charge in [0.1, 0.15) is 12.1 Å². The molecular weight excluding hydrogens is 284 g/mol. The molecule has 1 heterocycles. The first kappa shape index (κ1) is 15.0. The predicted octanol–water partition coefficient (Wildman–Crippen LogP) is 4.32. The molecule has 0 aliphatic heterocycles. The van der Waals surface area contributed by atoms with Crippen molar-refractivity contribution in [2.24, 2.45) is 0 Å². The van der Waals surface area contributed by atoms with Crippen LogP contribution in [-0.2, 0) is 12.8 Å². The normalized spacial score (nSPS) is 11.4. The fraction of sp³-hybridized carbons (Fsp3) is 0.100. The van der Waals surface area contributed by atoms with E-state index in [0.29, 0.717) is 5.69 Å². The molecule has 1 aromatic heterocycles. The van der Waals surface area contributed by atoms with Crippen molar-refractivity contribution in [2.45, 2.75) is 12.8 Å². The van der Waals surface area contributed by atoms with Gasteiger partial charge < -0.3 is 5.11 Å². The van der Waals surface area contributed by atoms with E-state index in [-0.39, 0.29) is 5.76 Å². The van der Waals surface area contributed by atoms with E-state index in [4.69, 9.17) is 0 Å². The molecule has 0 aliphatic carbocycles. The Morgan fingerprint density at radius 2 is 1.57 bits per heavy atom. The molecule has 0 amide bonds. The minimum Gasteiger partial charge on any atom is -0.507 e. The summed E-state index contributed by atoms with van der Waals surface area (Å²) in [6, 6.07) is 21.7. The van der Waals surface area contributed by atoms with Gasteiger partial charge in [0.15, 0.2) is 0 Å². The average molecular weight is 302 g/mol. The maximum absolute atomic E-state index is 10.2. The molecular formula is C20H18N2O. The van der Waals surface area contributed by atoms with Crippen molar-refractivity contribution in [1.82, 2.24) is 9.97 Å². The molecule has 0 bridgehead atoms. The SMILES string of the molecule is O/C(=C/c1cc(CCc2ccccc2)ncn1)c1ccccc1. The third-order valence-electron chi connectivity index (χ3n) is 3.61. The van der Waals surface area contributed by atoms with Crippen LogP contribution in [0.15, 0.2) is 73.1 Å². The standard InChI is InChI=1S/C20H18N2O/c23-20(17-9-5-2-6-10-17)14-19-13-18(21-15-22-19)12-11-16-7-3-1-4-8-16/h1-10,13-15,23H,11-12H2/b20-14+. The molecule has 3 rings (SSSR count). The third-order valence-corrected chi connectivity index (χ3v) is 3.61. The second-order valence-electron chi connectivity index (χ2n) is 5.32. The summed E-state index contributed by atoms with van der Waals surface area (Å²) >= 11 is 0. The molecule has 3 nitrogen and oxygen atoms in total. The maximum atomic E-state index is 10.2. The van der Waals surface area contributed by atoms with Crippen LogP contribution in [0.3, 0.4) is 0 Å². The van der Waals surface area contributed by atoms with Gasteiger partial charge in [-0.15, -0.1) is 0 Å². The summed E-state index contributed by atoms with van der Waals surface area (Å²) in [5, 5.41) is 10.2. The van der Waals surface area contributed by atoms with Crippen molar-refractivity contribution < 1.29 is 5.11 Å². The number of benzene rings is 2. The van der Waals surface area contributed by atoms with Gasteiger partial charge in [0, 0.05) is 17.3 Å². The molecule has 3 aromatic rings. The minimum atomic E-state index is 0.207. The van der Waals surface area contributed by atoms with E-state index in [2.05, 4.69) is 22.1 Å². The van der Waals surface area contributed by atoms with Gasteiger partial charge in [-0.1, -0.05) is 60.7 Å². The summed E-state index contributed by atoms with van der Waals surface area (Å²) in [7, 11) is 0. The Hall–Kier alpha value is -2.94. The summed E-state index contributed by atoms with van der Waals surface area (Å²) in [6.45, 7) is 0. The lowest BCUT2D eigenvalue weighted by Gasteiger charge is -2.03. The predicted molar refractivity (Wildman–Crippen MR) is 92.8 cm³/mol. The Morgan fingerprint density at radius 1 is 0.870 bits per heavy atom. The summed E-state index contributed by atoms with van der Waals surface area (Å²) in [5.74, 6) is 0.207. The van der Waals surface area contributed by atoms with E-state index >= 15 is 0 Å². The molecule has 0 unspecified atom stereocenters. The Kier molecular flexibility index (Phi) is 4.79. The number of rotatable bonds is 5. The maximum Gasteiger partial charge on any atom is 0.124 e. The fourth-order valence-corrected chi connectivity index (χ4v) is 2.38. The molecule has 0 saturated carbocycles. The molecule has 1 N–H and O–H groups in total. The topological polar surface area (TPSA) is 46.0 Å². The monoisotopic (exact) mass is 302 g/mol. The lowest BCUT2D eigenvalue weighted by atomic mass is 10.1. The first-order valence-corrected chi connectivity index (χ1v) is 7.62. The van der Waals surface area contributed by atoms with Crippen molar-refractivity contribution in [3.63, 3.8) is 0 Å². The lowest BCUT2D eigenvalue weighted by molar-refractivity contribution is 0.515. The first-order valence-electron chi connectivity index (χ1n) is 7.62. The first-order chi connectivity index (χ1) is 11.3. The molecule has 23 heavy (non-hydrogen) atoms. The highest BCUT2D eigenvalue weighted by Crippen LogP contribution is 2.14. The highest BCUT2D eigenvalue weighted by Gasteiger charge is 2.02. The van der Waals surface area contributed by atoms with Crippen molar-refractivity contribution in [2.75, 3.05) is 0 Å². The summed E-state index contributed by atoms with van der Waals surface area (Å²) in [4.78, 5) is 8.52. The third kappa shape index (κ3) is 4.27. The quantitative estimate of drug-likeness (QED) is 0.714. The summed E-state index contributed by atoms with van der Waals surface area (Å²) in [6.07, 6.45) is 5.00. The smallest absolute Gasteiger partial charge is 0.124 e. The molecule has 0 radical (unpaired) electrons. The van der Waals surface area contributed by atoms with Crippen LogP contribution >= 0.6 is 0 Å². The number of aliphatic hydroxyl groups is 1. The highest BCUT2D eigenvalue weighted by atomic mass is 16.3. The second kappa shape index (κ2) is 7.36. The Bertz CT molecular complexity index is 783. The highest BCUT2D eigenvalue weighted by molar-refractivity contribution is 5.74. The van der Waals surface area contributed by atoms with Crippen LogP contribution in [0.25, 0.3) is 11.8 Å². The largest absolute Gasteiger partial charge is 0.507 e. The zero-order valence-corrected chi connectivity index (χ0v) is 12.8. The number of nitrogens with zero attached hydrogens (tertiary/aromatic N) is 2. The lowest BCUT2D eigenvalue weighted by Crippen LogP contribution is -1.96. The summed E-state index contributed by atoms with van der Waals surface area (Å²) < 4.78 is 0. The number of aryl methyl sites for hydroxylation is 2. The van der Waals surface area contributed by atoms with Crippen LogP contribution in [0.4, 0.5) is 0 Å². The van der Waals surface area contributed by atoms with Crippen LogP contribution < -0.4 is 0 Å². The van der Waals surface area contributed by atoms with Gasteiger partial charge in [-0.3, -0.25) is 0 Å². The Morgan fingerprint density at radius 3 is 2.30 bits per heavy atom. The molecule has 0 atom stereocenters. The van der Waals surface area contributed by atoms with Crippen LogP contribution in [0.2, 0.25) is 0 Å². The van der Waals surface area contributed by atoms with E-state index in [1.807, 2.05) is 54.6 Å². The Labute approximate surface area is 136 Å². The van der Waals surface area contributed by atoms with Gasteiger partial charge in [-0.2, -0.15) is 0 Å². The van der Waals surface area contributed by atoms with Crippen LogP contribution in [0, 0.1) is 0 Å². The molecule has 2 aromatic carbocycles. The molecule has 0 fully saturated rings. The summed E-state index contributed by atoms with van der Waals surface area (Å²) in [5.41, 5.74) is 3.74. The molecule has 114 valence electrons. The van der Waals surface area contributed by atoms with Gasteiger partial charge in [-0.25, -0.2) is 9.97 Å². The van der Waals surface area contributed by atoms with Gasteiger partial charge >= 0.3 is 0 Å². The number of hydrogen-bond acceptors (Lipinski definition) is 3. The average Bonchev–Trinajstić information content (AvgIpc) is 2.62. The van der Waals surface area contributed by atoms with E-state index in [9.17, 15) is 5.11 Å². The Balaban J connectivity index is 1.72. The zero-order valence-electron chi connectivity index (χ0n) is 12.8. The molecule has 3 heteroatoms. The van der Waals surface area contributed by atoms with Gasteiger partial charge in [0.05, 0.1) is 5.69 Å². The molecule has 0 aliphatic rings. The van der Waals surface area contributed by atoms with Crippen molar-refractivity contribution in [1.29, 1.82) is 0 Å². The molecule has 0 spiro atoms. The number of aromatic nitrogens is 2. The second-order valence-corrected chi connectivity index (χ2v) is 5.32. The van der Waals surface area contributed by atoms with Gasteiger partial charge in [-0.05, 0) is 24.5 Å². The van der Waals surface area contributed by atoms with Gasteiger partial charge in [0.25, 0.3) is 0 Å². The minimum absolute atomic E-state index is 0.207. The van der Waals surface area contributed by atoms with E-state index < -0.39 is 0 Å². The van der Waals surface area contributed by atoms with E-state index in [1.165, 1.54) is 5.56 Å². The number of aliphatic hydroxyl groups excluding tert-OH is 1. The van der Waals surface area contributed by atoms with Crippen molar-refractivity contribution in [3.8, 4) is 0 Å². The van der Waals surface area contributed by atoms with Crippen LogP contribution in [-0.4, -0.2) is 15.1 Å². The van der Waals surface area contributed by atoms with Gasteiger partial charge in [0.2, 0.25) is 0 Å². The van der Waals surface area contributed by atoms with E-state index in [0.717, 1.165) is 24.1 Å². The van der Waals surface area contributed by atoms with Crippen molar-refractivity contribution >= 4 is 11.8 Å². The zero-order chi connectivity index (χ0) is 15.9. The van der Waals surface area contributed by atoms with Crippen molar-refractivity contribution in [3.05, 3.63) is 95.6 Å². The number of hydrogen-bond donors (Lipinski definition) is 1. The van der Waals surface area contributed by atoms with E-state index in [1.54, 1.807) is 12.4 Å².